The van der Waals surface area contributed by atoms with Gasteiger partial charge in [-0.15, -0.1) is 0 Å². The van der Waals surface area contributed by atoms with Gasteiger partial charge in [0.15, 0.2) is 0 Å². The fourth-order valence-electron chi connectivity index (χ4n) is 3.21. The average molecular weight is 414 g/mol. The molecule has 1 heterocycles. The van der Waals surface area contributed by atoms with Gasteiger partial charge in [-0.25, -0.2) is 8.42 Å². The van der Waals surface area contributed by atoms with Crippen molar-refractivity contribution in [3.05, 3.63) is 60.2 Å². The van der Waals surface area contributed by atoms with E-state index in [1.807, 2.05) is 30.3 Å². The van der Waals surface area contributed by atoms with Crippen LogP contribution in [0.4, 0.5) is 5.69 Å². The van der Waals surface area contributed by atoms with Crippen molar-refractivity contribution in [2.45, 2.75) is 49.8 Å². The van der Waals surface area contributed by atoms with E-state index in [1.54, 1.807) is 12.1 Å². The van der Waals surface area contributed by atoms with Gasteiger partial charge in [-0.1, -0.05) is 36.8 Å². The second kappa shape index (κ2) is 10.2. The first-order chi connectivity index (χ1) is 14.0. The molecule has 0 aromatic heterocycles. The summed E-state index contributed by atoms with van der Waals surface area (Å²) < 4.78 is 27.7. The molecule has 0 atom stereocenters. The Labute approximate surface area is 172 Å². The lowest BCUT2D eigenvalue weighted by molar-refractivity contribution is -0.116. The maximum absolute atomic E-state index is 12.5. The summed E-state index contributed by atoms with van der Waals surface area (Å²) in [6.07, 6.45) is 5.66. The highest BCUT2D eigenvalue weighted by Crippen LogP contribution is 2.16. The van der Waals surface area contributed by atoms with E-state index in [0.717, 1.165) is 32.1 Å². The van der Waals surface area contributed by atoms with Crippen LogP contribution in [0.25, 0.3) is 0 Å². The first-order valence-corrected chi connectivity index (χ1v) is 11.5. The number of carbonyl (C=O) groups excluding carboxylic acids is 1. The van der Waals surface area contributed by atoms with Crippen LogP contribution in [-0.2, 0) is 21.2 Å². The van der Waals surface area contributed by atoms with Gasteiger partial charge < -0.3 is 5.32 Å². The van der Waals surface area contributed by atoms with Crippen LogP contribution in [0, 0.1) is 0 Å². The Hall–Kier alpha value is -2.67. The first kappa shape index (κ1) is 21.0. The highest BCUT2D eigenvalue weighted by atomic mass is 32.2. The summed E-state index contributed by atoms with van der Waals surface area (Å²) in [5.74, 6) is 0.445. The van der Waals surface area contributed by atoms with Crippen LogP contribution in [0.2, 0.25) is 0 Å². The molecule has 154 valence electrons. The number of nitrogens with zero attached hydrogens (tertiary/aromatic N) is 1. The van der Waals surface area contributed by atoms with Crippen LogP contribution < -0.4 is 10.0 Å². The van der Waals surface area contributed by atoms with E-state index in [4.69, 9.17) is 0 Å². The summed E-state index contributed by atoms with van der Waals surface area (Å²) in [7, 11) is -3.66. The molecule has 1 amide bonds. The van der Waals surface area contributed by atoms with Gasteiger partial charge in [-0.3, -0.25) is 14.5 Å². The fraction of sp³-hybridized carbons (Fsp3) is 0.364. The van der Waals surface area contributed by atoms with Crippen LogP contribution >= 0.6 is 0 Å². The van der Waals surface area contributed by atoms with E-state index in [1.165, 1.54) is 17.7 Å². The first-order valence-electron chi connectivity index (χ1n) is 10.0. The van der Waals surface area contributed by atoms with Crippen molar-refractivity contribution < 1.29 is 13.2 Å². The normalized spacial score (nSPS) is 14.6. The lowest BCUT2D eigenvalue weighted by Gasteiger charge is -2.11. The third-order valence-electron chi connectivity index (χ3n) is 4.79. The Morgan fingerprint density at radius 1 is 0.966 bits per heavy atom. The lowest BCUT2D eigenvalue weighted by atomic mass is 10.1. The fourth-order valence-corrected chi connectivity index (χ4v) is 4.30. The van der Waals surface area contributed by atoms with E-state index in [2.05, 4.69) is 15.0 Å². The summed E-state index contributed by atoms with van der Waals surface area (Å²) >= 11 is 0. The standard InChI is InChI=1S/C22H27N3O3S/c26-22(12-7-10-18-8-3-1-4-9-18)24-19-13-15-20(16-14-19)29(27,28)25-21-11-5-2-6-17-23-21/h1,3-4,8-9,13-16H,2,5-7,10-12,17H2,(H,23,25)(H,24,26). The molecule has 0 fully saturated rings. The quantitative estimate of drug-likeness (QED) is 0.722. The summed E-state index contributed by atoms with van der Waals surface area (Å²) in [6, 6.07) is 16.3. The van der Waals surface area contributed by atoms with Crippen molar-refractivity contribution in [2.75, 3.05) is 11.9 Å². The van der Waals surface area contributed by atoms with Crippen LogP contribution in [0.3, 0.4) is 0 Å². The Kier molecular flexibility index (Phi) is 7.41. The maximum Gasteiger partial charge on any atom is 0.262 e. The minimum Gasteiger partial charge on any atom is -0.326 e. The third-order valence-corrected chi connectivity index (χ3v) is 6.18. The van der Waals surface area contributed by atoms with Crippen LogP contribution in [0.5, 0.6) is 0 Å². The van der Waals surface area contributed by atoms with Crippen molar-refractivity contribution in [1.82, 2.24) is 4.72 Å². The molecular formula is C22H27N3O3S. The number of nitrogens with one attached hydrogen (secondary N) is 2. The maximum atomic E-state index is 12.5. The molecule has 0 spiro atoms. The minimum atomic E-state index is -3.66. The van der Waals surface area contributed by atoms with E-state index in [-0.39, 0.29) is 10.8 Å². The number of aliphatic imine (C=N–C) groups is 1. The molecule has 1 aliphatic rings. The zero-order chi connectivity index (χ0) is 20.5. The van der Waals surface area contributed by atoms with Gasteiger partial charge in [0.05, 0.1) is 4.90 Å². The number of benzene rings is 2. The van der Waals surface area contributed by atoms with Crippen molar-refractivity contribution in [2.24, 2.45) is 4.99 Å². The molecule has 0 unspecified atom stereocenters. The topological polar surface area (TPSA) is 87.6 Å². The van der Waals surface area contributed by atoms with Gasteiger partial charge in [-0.05, 0) is 55.5 Å². The van der Waals surface area contributed by atoms with Crippen molar-refractivity contribution in [3.63, 3.8) is 0 Å². The number of amidine groups is 1. The number of hydrogen-bond acceptors (Lipinski definition) is 4. The molecule has 2 aromatic rings. The van der Waals surface area contributed by atoms with E-state index in [0.29, 0.717) is 30.9 Å². The van der Waals surface area contributed by atoms with Crippen molar-refractivity contribution >= 4 is 27.5 Å². The summed E-state index contributed by atoms with van der Waals surface area (Å²) in [6.45, 7) is 0.660. The van der Waals surface area contributed by atoms with Gasteiger partial charge in [0, 0.05) is 25.1 Å². The second-order valence-electron chi connectivity index (χ2n) is 7.16. The highest BCUT2D eigenvalue weighted by molar-refractivity contribution is 7.90. The Balaban J connectivity index is 1.51. The van der Waals surface area contributed by atoms with E-state index < -0.39 is 10.0 Å². The predicted molar refractivity (Wildman–Crippen MR) is 116 cm³/mol. The molecule has 2 N–H and O–H groups in total. The minimum absolute atomic E-state index is 0.0810. The molecule has 29 heavy (non-hydrogen) atoms. The van der Waals surface area contributed by atoms with Gasteiger partial charge in [0.25, 0.3) is 10.0 Å². The molecule has 3 rings (SSSR count). The van der Waals surface area contributed by atoms with Gasteiger partial charge in [-0.2, -0.15) is 0 Å². The van der Waals surface area contributed by atoms with Crippen molar-refractivity contribution in [3.8, 4) is 0 Å². The summed E-state index contributed by atoms with van der Waals surface area (Å²) in [5, 5.41) is 2.82. The van der Waals surface area contributed by atoms with Crippen LogP contribution in [0.15, 0.2) is 64.5 Å². The Bertz CT molecular complexity index is 939. The predicted octanol–water partition coefficient (Wildman–Crippen LogP) is 3.90. The molecule has 0 saturated heterocycles. The molecule has 0 saturated carbocycles. The van der Waals surface area contributed by atoms with Gasteiger partial charge >= 0.3 is 0 Å². The smallest absolute Gasteiger partial charge is 0.262 e. The number of aryl methyl sites for hydroxylation is 1. The number of hydrogen-bond donors (Lipinski definition) is 2. The average Bonchev–Trinajstić information content (AvgIpc) is 2.97. The van der Waals surface area contributed by atoms with Gasteiger partial charge in [0.1, 0.15) is 5.84 Å². The number of sulfonamides is 1. The zero-order valence-corrected chi connectivity index (χ0v) is 17.2. The molecule has 7 heteroatoms. The number of amides is 1. The molecule has 0 aliphatic carbocycles. The number of anilines is 1. The molecule has 2 aromatic carbocycles. The van der Waals surface area contributed by atoms with Gasteiger partial charge in [0.2, 0.25) is 5.91 Å². The van der Waals surface area contributed by atoms with Crippen molar-refractivity contribution in [1.29, 1.82) is 0 Å². The number of carbonyl (C=O) groups is 1. The Morgan fingerprint density at radius 2 is 1.72 bits per heavy atom. The van der Waals surface area contributed by atoms with E-state index >= 15 is 0 Å². The van der Waals surface area contributed by atoms with E-state index in [9.17, 15) is 13.2 Å². The Morgan fingerprint density at radius 3 is 2.48 bits per heavy atom. The lowest BCUT2D eigenvalue weighted by Crippen LogP contribution is -2.30. The monoisotopic (exact) mass is 413 g/mol. The summed E-state index contributed by atoms with van der Waals surface area (Å²) in [4.78, 5) is 16.6. The molecule has 1 aliphatic heterocycles. The second-order valence-corrected chi connectivity index (χ2v) is 8.84. The summed E-state index contributed by atoms with van der Waals surface area (Å²) in [5.41, 5.74) is 1.79. The molecular weight excluding hydrogens is 386 g/mol. The SMILES string of the molecule is O=C(CCCc1ccccc1)Nc1ccc(S(=O)(=O)NC2=NCCCCC2)cc1. The third kappa shape index (κ3) is 6.71. The largest absolute Gasteiger partial charge is 0.326 e. The zero-order valence-electron chi connectivity index (χ0n) is 16.4. The van der Waals surface area contributed by atoms with Crippen LogP contribution in [-0.4, -0.2) is 26.7 Å². The highest BCUT2D eigenvalue weighted by Gasteiger charge is 2.17. The molecule has 6 nitrogen and oxygen atoms in total. The number of rotatable bonds is 7. The molecule has 0 bridgehead atoms. The van der Waals surface area contributed by atoms with Crippen LogP contribution in [0.1, 0.15) is 44.1 Å². The molecule has 0 radical (unpaired) electrons.